The van der Waals surface area contributed by atoms with E-state index in [1.807, 2.05) is 0 Å². The van der Waals surface area contributed by atoms with Crippen molar-refractivity contribution in [2.75, 3.05) is 0 Å². The van der Waals surface area contributed by atoms with Crippen LogP contribution >= 0.6 is 0 Å². The molecule has 0 spiro atoms. The average Bonchev–Trinajstić information content (AvgIpc) is 2.87. The molecule has 0 aliphatic heterocycles. The largest absolute Gasteiger partial charge is 0.480 e. The van der Waals surface area contributed by atoms with Crippen LogP contribution < -0.4 is 5.32 Å². The maximum absolute atomic E-state index is 12.8. The van der Waals surface area contributed by atoms with Crippen LogP contribution in [-0.2, 0) is 11.3 Å². The first kappa shape index (κ1) is 14.6. The van der Waals surface area contributed by atoms with Crippen LogP contribution in [0.25, 0.3) is 0 Å². The fraction of sp³-hybridized carbons (Fsp3) is 0.231. The highest BCUT2D eigenvalue weighted by Crippen LogP contribution is 2.13. The van der Waals surface area contributed by atoms with Gasteiger partial charge in [-0.1, -0.05) is 17.3 Å². The molecular formula is C13H13FN4O3. The third kappa shape index (κ3) is 3.85. The van der Waals surface area contributed by atoms with Crippen LogP contribution in [0.4, 0.5) is 4.39 Å². The van der Waals surface area contributed by atoms with E-state index in [4.69, 9.17) is 5.11 Å². The predicted octanol–water partition coefficient (Wildman–Crippen LogP) is 0.993. The number of carboxylic acids is 1. The number of hydrogen-bond donors (Lipinski definition) is 2. The molecule has 2 rings (SSSR count). The van der Waals surface area contributed by atoms with Crippen LogP contribution in [0.15, 0.2) is 30.5 Å². The van der Waals surface area contributed by atoms with Crippen LogP contribution in [0.2, 0.25) is 0 Å². The van der Waals surface area contributed by atoms with Crippen LogP contribution in [0, 0.1) is 5.82 Å². The number of nitrogens with one attached hydrogen (secondary N) is 1. The standard InChI is InChI=1S/C13H13FN4O3/c1-8(9-2-4-10(14)5-3-9)15-13(21)11-6-18(17-16-11)7-12(19)20/h2-6,8H,7H2,1H3,(H,15,21)(H,19,20). The van der Waals surface area contributed by atoms with Crippen molar-refractivity contribution >= 4 is 11.9 Å². The fourth-order valence-electron chi connectivity index (χ4n) is 1.72. The van der Waals surface area contributed by atoms with Crippen molar-refractivity contribution in [3.63, 3.8) is 0 Å². The molecule has 7 nitrogen and oxygen atoms in total. The molecule has 0 fully saturated rings. The minimum absolute atomic E-state index is 0.0187. The van der Waals surface area contributed by atoms with E-state index in [2.05, 4.69) is 15.6 Å². The van der Waals surface area contributed by atoms with Gasteiger partial charge in [-0.25, -0.2) is 9.07 Å². The van der Waals surface area contributed by atoms with Gasteiger partial charge >= 0.3 is 5.97 Å². The van der Waals surface area contributed by atoms with Crippen molar-refractivity contribution in [2.24, 2.45) is 0 Å². The SMILES string of the molecule is CC(NC(=O)c1cn(CC(=O)O)nn1)c1ccc(F)cc1. The van der Waals surface area contributed by atoms with Crippen LogP contribution in [0.5, 0.6) is 0 Å². The number of amides is 1. The molecule has 1 heterocycles. The Morgan fingerprint density at radius 3 is 2.67 bits per heavy atom. The van der Waals surface area contributed by atoms with Crippen molar-refractivity contribution in [2.45, 2.75) is 19.5 Å². The quantitative estimate of drug-likeness (QED) is 0.856. The summed E-state index contributed by atoms with van der Waals surface area (Å²) >= 11 is 0. The molecule has 1 aromatic heterocycles. The highest BCUT2D eigenvalue weighted by Gasteiger charge is 2.15. The number of carbonyl (C=O) groups is 2. The van der Waals surface area contributed by atoms with E-state index in [9.17, 15) is 14.0 Å². The normalized spacial score (nSPS) is 11.9. The number of rotatable bonds is 5. The molecule has 0 aliphatic rings. The van der Waals surface area contributed by atoms with Gasteiger partial charge in [0.05, 0.1) is 12.2 Å². The number of nitrogens with zero attached hydrogens (tertiary/aromatic N) is 3. The van der Waals surface area contributed by atoms with Crippen LogP contribution in [0.1, 0.15) is 29.0 Å². The Hall–Kier alpha value is -2.77. The Balaban J connectivity index is 2.02. The van der Waals surface area contributed by atoms with E-state index in [1.165, 1.54) is 18.3 Å². The van der Waals surface area contributed by atoms with Gasteiger partial charge in [0, 0.05) is 0 Å². The first-order chi connectivity index (χ1) is 9.95. The number of aromatic nitrogens is 3. The lowest BCUT2D eigenvalue weighted by atomic mass is 10.1. The smallest absolute Gasteiger partial charge is 0.325 e. The Kier molecular flexibility index (Phi) is 4.27. The number of aliphatic carboxylic acids is 1. The molecule has 1 amide bonds. The van der Waals surface area contributed by atoms with Gasteiger partial charge in [-0.2, -0.15) is 0 Å². The predicted molar refractivity (Wildman–Crippen MR) is 69.9 cm³/mol. The zero-order valence-electron chi connectivity index (χ0n) is 11.2. The van der Waals surface area contributed by atoms with E-state index < -0.39 is 11.9 Å². The highest BCUT2D eigenvalue weighted by molar-refractivity contribution is 5.92. The zero-order valence-corrected chi connectivity index (χ0v) is 11.2. The van der Waals surface area contributed by atoms with E-state index in [-0.39, 0.29) is 24.1 Å². The summed E-state index contributed by atoms with van der Waals surface area (Å²) in [6.07, 6.45) is 1.25. The minimum atomic E-state index is -1.08. The van der Waals surface area contributed by atoms with Gasteiger partial charge in [-0.15, -0.1) is 5.10 Å². The molecular weight excluding hydrogens is 279 g/mol. The number of halogens is 1. The Labute approximate surface area is 119 Å². The van der Waals surface area contributed by atoms with Gasteiger partial charge in [-0.3, -0.25) is 9.59 Å². The lowest BCUT2D eigenvalue weighted by Crippen LogP contribution is -2.27. The van der Waals surface area contributed by atoms with Gasteiger partial charge in [0.25, 0.3) is 5.91 Å². The van der Waals surface area contributed by atoms with Gasteiger partial charge in [-0.05, 0) is 24.6 Å². The second-order valence-corrected chi connectivity index (χ2v) is 4.44. The molecule has 2 aromatic rings. The van der Waals surface area contributed by atoms with Gasteiger partial charge < -0.3 is 10.4 Å². The van der Waals surface area contributed by atoms with Crippen molar-refractivity contribution in [3.05, 3.63) is 47.5 Å². The van der Waals surface area contributed by atoms with Crippen LogP contribution in [0.3, 0.4) is 0 Å². The molecule has 1 aromatic carbocycles. The first-order valence-corrected chi connectivity index (χ1v) is 6.14. The lowest BCUT2D eigenvalue weighted by molar-refractivity contribution is -0.137. The molecule has 0 radical (unpaired) electrons. The van der Waals surface area contributed by atoms with E-state index >= 15 is 0 Å². The van der Waals surface area contributed by atoms with Crippen molar-refractivity contribution in [1.82, 2.24) is 20.3 Å². The summed E-state index contributed by atoms with van der Waals surface area (Å²) in [6, 6.07) is 5.41. The van der Waals surface area contributed by atoms with E-state index in [0.717, 1.165) is 10.2 Å². The molecule has 1 atom stereocenters. The fourth-order valence-corrected chi connectivity index (χ4v) is 1.72. The molecule has 0 bridgehead atoms. The summed E-state index contributed by atoms with van der Waals surface area (Å²) in [6.45, 7) is 1.38. The number of carbonyl (C=O) groups excluding carboxylic acids is 1. The second-order valence-electron chi connectivity index (χ2n) is 4.44. The Morgan fingerprint density at radius 2 is 2.05 bits per heavy atom. The summed E-state index contributed by atoms with van der Waals surface area (Å²) < 4.78 is 13.9. The summed E-state index contributed by atoms with van der Waals surface area (Å²) in [5.41, 5.74) is 0.757. The van der Waals surface area contributed by atoms with Crippen LogP contribution in [-0.4, -0.2) is 32.0 Å². The van der Waals surface area contributed by atoms with Gasteiger partial charge in [0.2, 0.25) is 0 Å². The topological polar surface area (TPSA) is 97.1 Å². The second kappa shape index (κ2) is 6.12. The summed E-state index contributed by atoms with van der Waals surface area (Å²) in [4.78, 5) is 22.5. The summed E-state index contributed by atoms with van der Waals surface area (Å²) in [7, 11) is 0. The number of carboxylic acid groups (broad SMARTS) is 1. The maximum atomic E-state index is 12.8. The van der Waals surface area contributed by atoms with Crippen molar-refractivity contribution in [1.29, 1.82) is 0 Å². The van der Waals surface area contributed by atoms with E-state index in [1.54, 1.807) is 19.1 Å². The highest BCUT2D eigenvalue weighted by atomic mass is 19.1. The third-order valence-corrected chi connectivity index (χ3v) is 2.79. The molecule has 1 unspecified atom stereocenters. The maximum Gasteiger partial charge on any atom is 0.325 e. The lowest BCUT2D eigenvalue weighted by Gasteiger charge is -2.13. The number of hydrogen-bond acceptors (Lipinski definition) is 4. The Morgan fingerprint density at radius 1 is 1.38 bits per heavy atom. The molecule has 8 heteroatoms. The van der Waals surface area contributed by atoms with Crippen molar-refractivity contribution in [3.8, 4) is 0 Å². The molecule has 110 valence electrons. The first-order valence-electron chi connectivity index (χ1n) is 6.14. The third-order valence-electron chi connectivity index (χ3n) is 2.79. The summed E-state index contributed by atoms with van der Waals surface area (Å²) in [5.74, 6) is -1.91. The average molecular weight is 292 g/mol. The van der Waals surface area contributed by atoms with Gasteiger partial charge in [0.15, 0.2) is 5.69 Å². The molecule has 0 saturated heterocycles. The zero-order chi connectivity index (χ0) is 15.4. The molecule has 0 aliphatic carbocycles. The summed E-state index contributed by atoms with van der Waals surface area (Å²) in [5, 5.41) is 18.4. The Bertz CT molecular complexity index is 654. The van der Waals surface area contributed by atoms with E-state index in [0.29, 0.717) is 0 Å². The molecule has 21 heavy (non-hydrogen) atoms. The minimum Gasteiger partial charge on any atom is -0.480 e. The van der Waals surface area contributed by atoms with Gasteiger partial charge in [0.1, 0.15) is 12.4 Å². The monoisotopic (exact) mass is 292 g/mol. The molecule has 2 N–H and O–H groups in total. The number of benzene rings is 1. The molecule has 0 saturated carbocycles. The van der Waals surface area contributed by atoms with Crippen molar-refractivity contribution < 1.29 is 19.1 Å².